The van der Waals surface area contributed by atoms with Crippen molar-refractivity contribution in [3.05, 3.63) is 35.9 Å². The van der Waals surface area contributed by atoms with Gasteiger partial charge < -0.3 is 4.74 Å². The van der Waals surface area contributed by atoms with Crippen LogP contribution in [0.2, 0.25) is 0 Å². The van der Waals surface area contributed by atoms with E-state index in [0.717, 1.165) is 30.4 Å². The first-order valence-corrected chi connectivity index (χ1v) is 8.01. The van der Waals surface area contributed by atoms with E-state index < -0.39 is 10.1 Å². The summed E-state index contributed by atoms with van der Waals surface area (Å²) >= 11 is 0. The minimum Gasteiger partial charge on any atom is -0.497 e. The molecular weight excluding hydrogens is 264 g/mol. The molecule has 0 aliphatic heterocycles. The van der Waals surface area contributed by atoms with Crippen molar-refractivity contribution in [1.29, 1.82) is 0 Å². The van der Waals surface area contributed by atoms with Gasteiger partial charge in [0, 0.05) is 0 Å². The van der Waals surface area contributed by atoms with Crippen LogP contribution < -0.4 is 4.74 Å². The van der Waals surface area contributed by atoms with Crippen LogP contribution in [0.1, 0.15) is 24.8 Å². The topological polar surface area (TPSA) is 52.6 Å². The molecule has 4 nitrogen and oxygen atoms in total. The van der Waals surface area contributed by atoms with E-state index in [0.29, 0.717) is 6.42 Å². The molecule has 0 heterocycles. The smallest absolute Gasteiger partial charge is 0.264 e. The molecule has 0 unspecified atom stereocenters. The van der Waals surface area contributed by atoms with Crippen LogP contribution in [0.15, 0.2) is 30.3 Å². The Hall–Kier alpha value is -1.33. The third-order valence-corrected chi connectivity index (χ3v) is 3.74. The van der Waals surface area contributed by atoms with E-state index in [-0.39, 0.29) is 6.10 Å². The third-order valence-electron chi connectivity index (χ3n) is 3.11. The molecule has 1 aliphatic rings. The molecule has 1 aliphatic carbocycles. The van der Waals surface area contributed by atoms with Crippen LogP contribution in [-0.2, 0) is 14.3 Å². The van der Waals surface area contributed by atoms with Crippen molar-refractivity contribution in [2.24, 2.45) is 0 Å². The van der Waals surface area contributed by atoms with Gasteiger partial charge in [0.1, 0.15) is 5.75 Å². The first kappa shape index (κ1) is 14.1. The average Bonchev–Trinajstić information content (AvgIpc) is 2.38. The van der Waals surface area contributed by atoms with E-state index in [1.54, 1.807) is 7.11 Å². The van der Waals surface area contributed by atoms with Crippen molar-refractivity contribution in [3.63, 3.8) is 0 Å². The van der Waals surface area contributed by atoms with Crippen molar-refractivity contribution in [2.45, 2.75) is 25.4 Å². The summed E-state index contributed by atoms with van der Waals surface area (Å²) < 4.78 is 32.4. The van der Waals surface area contributed by atoms with E-state index in [4.69, 9.17) is 8.92 Å². The fourth-order valence-corrected chi connectivity index (χ4v) is 2.90. The maximum atomic E-state index is 11.1. The van der Waals surface area contributed by atoms with Gasteiger partial charge in [0.15, 0.2) is 0 Å². The van der Waals surface area contributed by atoms with E-state index in [9.17, 15) is 8.42 Å². The fraction of sp³-hybridized carbons (Fsp3) is 0.429. The summed E-state index contributed by atoms with van der Waals surface area (Å²) in [6, 6.07) is 7.88. The van der Waals surface area contributed by atoms with Crippen LogP contribution in [0.5, 0.6) is 5.75 Å². The number of ether oxygens (including phenoxy) is 1. The van der Waals surface area contributed by atoms with E-state index in [1.807, 2.05) is 30.3 Å². The normalized spacial score (nSPS) is 19.9. The lowest BCUT2D eigenvalue weighted by Crippen LogP contribution is -2.19. The van der Waals surface area contributed by atoms with Crippen LogP contribution in [0, 0.1) is 0 Å². The lowest BCUT2D eigenvalue weighted by molar-refractivity contribution is 0.202. The molecule has 0 spiro atoms. The Bertz CT molecular complexity index is 575. The average molecular weight is 282 g/mol. The molecule has 104 valence electrons. The van der Waals surface area contributed by atoms with Gasteiger partial charge in [-0.15, -0.1) is 0 Å². The Morgan fingerprint density at radius 1 is 1.32 bits per heavy atom. The predicted molar refractivity (Wildman–Crippen MR) is 74.5 cm³/mol. The summed E-state index contributed by atoms with van der Waals surface area (Å²) in [7, 11) is -1.72. The monoisotopic (exact) mass is 282 g/mol. The molecule has 0 saturated heterocycles. The molecule has 0 fully saturated rings. The molecule has 1 aromatic rings. The minimum absolute atomic E-state index is 0.232. The van der Waals surface area contributed by atoms with Gasteiger partial charge in [-0.1, -0.05) is 18.2 Å². The lowest BCUT2D eigenvalue weighted by Gasteiger charge is -2.21. The fourth-order valence-electron chi connectivity index (χ4n) is 2.23. The lowest BCUT2D eigenvalue weighted by atomic mass is 9.92. The van der Waals surface area contributed by atoms with Gasteiger partial charge in [-0.25, -0.2) is 0 Å². The zero-order valence-electron chi connectivity index (χ0n) is 11.1. The second-order valence-corrected chi connectivity index (χ2v) is 6.26. The van der Waals surface area contributed by atoms with E-state index in [1.165, 1.54) is 5.57 Å². The molecule has 1 atom stereocenters. The Kier molecular flexibility index (Phi) is 4.27. The molecule has 0 saturated carbocycles. The maximum Gasteiger partial charge on any atom is 0.264 e. The van der Waals surface area contributed by atoms with E-state index >= 15 is 0 Å². The molecule has 2 rings (SSSR count). The van der Waals surface area contributed by atoms with Gasteiger partial charge in [-0.3, -0.25) is 4.18 Å². The number of allylic oxidation sites excluding steroid dienone is 1. The summed E-state index contributed by atoms with van der Waals surface area (Å²) in [5, 5.41) is 0. The first-order valence-electron chi connectivity index (χ1n) is 6.19. The summed E-state index contributed by atoms with van der Waals surface area (Å²) in [5.41, 5.74) is 2.34. The Labute approximate surface area is 114 Å². The Balaban J connectivity index is 2.08. The second-order valence-electron chi connectivity index (χ2n) is 4.66. The quantitative estimate of drug-likeness (QED) is 0.797. The summed E-state index contributed by atoms with van der Waals surface area (Å²) in [6.45, 7) is 0. The van der Waals surface area contributed by atoms with Crippen LogP contribution in [0.3, 0.4) is 0 Å². The Morgan fingerprint density at radius 3 is 2.68 bits per heavy atom. The molecule has 0 amide bonds. The van der Waals surface area contributed by atoms with Crippen molar-refractivity contribution >= 4 is 15.7 Å². The second kappa shape index (κ2) is 5.75. The number of benzene rings is 1. The highest BCUT2D eigenvalue weighted by Crippen LogP contribution is 2.30. The number of hydrogen-bond acceptors (Lipinski definition) is 4. The molecule has 1 aromatic carbocycles. The van der Waals surface area contributed by atoms with Crippen molar-refractivity contribution in [2.75, 3.05) is 13.4 Å². The first-order chi connectivity index (χ1) is 8.98. The number of rotatable bonds is 4. The molecular formula is C14H18O4S. The van der Waals surface area contributed by atoms with Gasteiger partial charge in [0.05, 0.1) is 19.5 Å². The van der Waals surface area contributed by atoms with Gasteiger partial charge >= 0.3 is 0 Å². The van der Waals surface area contributed by atoms with Gasteiger partial charge in [0.25, 0.3) is 10.1 Å². The highest BCUT2D eigenvalue weighted by atomic mass is 32.2. The molecule has 19 heavy (non-hydrogen) atoms. The van der Waals surface area contributed by atoms with E-state index in [2.05, 4.69) is 0 Å². The maximum absolute atomic E-state index is 11.1. The summed E-state index contributed by atoms with van der Waals surface area (Å²) in [6.07, 6.45) is 5.07. The molecule has 0 aromatic heterocycles. The van der Waals surface area contributed by atoms with Crippen molar-refractivity contribution < 1.29 is 17.3 Å². The van der Waals surface area contributed by atoms with Gasteiger partial charge in [-0.2, -0.15) is 8.42 Å². The van der Waals surface area contributed by atoms with Crippen molar-refractivity contribution in [3.8, 4) is 5.75 Å². The molecule has 0 bridgehead atoms. The zero-order valence-corrected chi connectivity index (χ0v) is 11.9. The van der Waals surface area contributed by atoms with Crippen molar-refractivity contribution in [1.82, 2.24) is 0 Å². The molecule has 0 radical (unpaired) electrons. The number of hydrogen-bond donors (Lipinski definition) is 0. The molecule has 0 N–H and O–H groups in total. The predicted octanol–water partition coefficient (Wildman–Crippen LogP) is 2.61. The van der Waals surface area contributed by atoms with Gasteiger partial charge in [-0.05, 0) is 42.5 Å². The molecule has 5 heteroatoms. The highest BCUT2D eigenvalue weighted by Gasteiger charge is 2.19. The van der Waals surface area contributed by atoms with Crippen LogP contribution >= 0.6 is 0 Å². The van der Waals surface area contributed by atoms with Crippen LogP contribution in [0.4, 0.5) is 0 Å². The largest absolute Gasteiger partial charge is 0.497 e. The summed E-state index contributed by atoms with van der Waals surface area (Å²) in [5.74, 6) is 0.827. The number of methoxy groups -OCH3 is 1. The standard InChI is InChI=1S/C14H18O4S/c1-17-14-5-3-4-12(10-14)11-6-8-13(9-7-11)18-19(2,15)16/h3-6,10,13H,7-9H2,1-2H3/t13-/m0/s1. The minimum atomic E-state index is -3.37. The highest BCUT2D eigenvalue weighted by molar-refractivity contribution is 7.86. The Morgan fingerprint density at radius 2 is 2.11 bits per heavy atom. The zero-order chi connectivity index (χ0) is 13.9. The SMILES string of the molecule is COc1cccc(C2=CC[C@H](OS(C)(=O)=O)CC2)c1. The van der Waals surface area contributed by atoms with Crippen LogP contribution in [-0.4, -0.2) is 27.9 Å². The van der Waals surface area contributed by atoms with Gasteiger partial charge in [0.2, 0.25) is 0 Å². The summed E-state index contributed by atoms with van der Waals surface area (Å²) in [4.78, 5) is 0. The van der Waals surface area contributed by atoms with Crippen LogP contribution in [0.25, 0.3) is 5.57 Å². The third kappa shape index (κ3) is 4.08.